The van der Waals surface area contributed by atoms with E-state index in [2.05, 4.69) is 10.3 Å². The maximum atomic E-state index is 12.5. The van der Waals surface area contributed by atoms with Crippen molar-refractivity contribution in [2.75, 3.05) is 20.6 Å². The molecule has 0 aliphatic heterocycles. The maximum absolute atomic E-state index is 12.5. The number of nitrogens with zero attached hydrogens (tertiary/aromatic N) is 2. The van der Waals surface area contributed by atoms with Gasteiger partial charge in [0.15, 0.2) is 0 Å². The van der Waals surface area contributed by atoms with Crippen LogP contribution in [0.2, 0.25) is 0 Å². The van der Waals surface area contributed by atoms with Gasteiger partial charge in [-0.2, -0.15) is 4.39 Å². The van der Waals surface area contributed by atoms with Gasteiger partial charge in [0.25, 0.3) is 0 Å². The van der Waals surface area contributed by atoms with Crippen molar-refractivity contribution >= 4 is 5.91 Å². The van der Waals surface area contributed by atoms with E-state index < -0.39 is 5.95 Å². The number of likely N-dealkylation sites (N-methyl/N-ethyl adjacent to an activating group) is 2. The molecule has 5 heteroatoms. The first-order valence-electron chi connectivity index (χ1n) is 4.61. The van der Waals surface area contributed by atoms with Gasteiger partial charge in [0.2, 0.25) is 11.9 Å². The molecule has 1 rings (SSSR count). The van der Waals surface area contributed by atoms with Crippen molar-refractivity contribution in [3.63, 3.8) is 0 Å². The third-order valence-corrected chi connectivity index (χ3v) is 1.93. The van der Waals surface area contributed by atoms with Crippen molar-refractivity contribution < 1.29 is 9.18 Å². The monoisotopic (exact) mass is 211 g/mol. The molecule has 0 saturated heterocycles. The quantitative estimate of drug-likeness (QED) is 0.733. The molecule has 0 bridgehead atoms. The van der Waals surface area contributed by atoms with Gasteiger partial charge < -0.3 is 5.32 Å². The van der Waals surface area contributed by atoms with E-state index >= 15 is 0 Å². The molecule has 1 heterocycles. The first-order chi connectivity index (χ1) is 7.11. The predicted octanol–water partition coefficient (Wildman–Crippen LogP) is 0.398. The van der Waals surface area contributed by atoms with Gasteiger partial charge in [-0.05, 0) is 18.7 Å². The predicted molar refractivity (Wildman–Crippen MR) is 54.6 cm³/mol. The Labute approximate surface area is 88.1 Å². The van der Waals surface area contributed by atoms with Gasteiger partial charge in [-0.15, -0.1) is 0 Å². The van der Waals surface area contributed by atoms with Crippen molar-refractivity contribution in [1.29, 1.82) is 0 Å². The molecule has 0 atom stereocenters. The van der Waals surface area contributed by atoms with Gasteiger partial charge in [0, 0.05) is 19.8 Å². The van der Waals surface area contributed by atoms with E-state index in [1.807, 2.05) is 11.9 Å². The summed E-state index contributed by atoms with van der Waals surface area (Å²) in [5.74, 6) is -0.541. The lowest BCUT2D eigenvalue weighted by Crippen LogP contribution is -2.32. The Morgan fingerprint density at radius 2 is 2.33 bits per heavy atom. The number of amides is 1. The minimum Gasteiger partial charge on any atom is -0.358 e. The Morgan fingerprint density at radius 3 is 2.87 bits per heavy atom. The second-order valence-corrected chi connectivity index (χ2v) is 3.33. The van der Waals surface area contributed by atoms with Gasteiger partial charge >= 0.3 is 0 Å². The summed E-state index contributed by atoms with van der Waals surface area (Å²) in [7, 11) is 3.41. The van der Waals surface area contributed by atoms with E-state index in [0.29, 0.717) is 13.1 Å². The summed E-state index contributed by atoms with van der Waals surface area (Å²) in [6, 6.07) is 2.96. The van der Waals surface area contributed by atoms with Gasteiger partial charge in [0.1, 0.15) is 0 Å². The molecule has 0 aliphatic rings. The van der Waals surface area contributed by atoms with E-state index in [0.717, 1.165) is 5.56 Å². The average molecular weight is 211 g/mol. The molecule has 0 unspecified atom stereocenters. The number of rotatable bonds is 4. The summed E-state index contributed by atoms with van der Waals surface area (Å²) in [6.45, 7) is 0.884. The highest BCUT2D eigenvalue weighted by molar-refractivity contribution is 5.77. The molecular weight excluding hydrogens is 197 g/mol. The minimum absolute atomic E-state index is 0.0485. The number of halogens is 1. The van der Waals surface area contributed by atoms with E-state index in [1.54, 1.807) is 13.1 Å². The zero-order valence-corrected chi connectivity index (χ0v) is 8.83. The van der Waals surface area contributed by atoms with Crippen LogP contribution in [0.15, 0.2) is 18.3 Å². The van der Waals surface area contributed by atoms with Crippen LogP contribution >= 0.6 is 0 Å². The van der Waals surface area contributed by atoms with Crippen LogP contribution in [0, 0.1) is 5.95 Å². The van der Waals surface area contributed by atoms with Gasteiger partial charge in [-0.3, -0.25) is 9.69 Å². The van der Waals surface area contributed by atoms with Crippen LogP contribution in [-0.4, -0.2) is 36.4 Å². The largest absolute Gasteiger partial charge is 0.358 e. The molecule has 0 fully saturated rings. The van der Waals surface area contributed by atoms with Crippen LogP contribution in [-0.2, 0) is 11.3 Å². The Kier molecular flexibility index (Phi) is 4.17. The number of hydrogen-bond acceptors (Lipinski definition) is 3. The molecular formula is C10H14FN3O. The highest BCUT2D eigenvalue weighted by atomic mass is 19.1. The molecule has 0 aromatic carbocycles. The topological polar surface area (TPSA) is 45.2 Å². The zero-order chi connectivity index (χ0) is 11.3. The Bertz CT molecular complexity index is 326. The van der Waals surface area contributed by atoms with Gasteiger partial charge in [-0.1, -0.05) is 6.07 Å². The fourth-order valence-electron chi connectivity index (χ4n) is 1.19. The Hall–Kier alpha value is -1.49. The fraction of sp³-hybridized carbons (Fsp3) is 0.400. The van der Waals surface area contributed by atoms with Crippen molar-refractivity contribution in [1.82, 2.24) is 15.2 Å². The van der Waals surface area contributed by atoms with E-state index in [1.165, 1.54) is 12.3 Å². The fourth-order valence-corrected chi connectivity index (χ4v) is 1.19. The summed E-state index contributed by atoms with van der Waals surface area (Å²) >= 11 is 0. The van der Waals surface area contributed by atoms with Crippen LogP contribution in [0.1, 0.15) is 5.56 Å². The van der Waals surface area contributed by atoms with Crippen LogP contribution in [0.25, 0.3) is 0 Å². The summed E-state index contributed by atoms with van der Waals surface area (Å²) in [5, 5.41) is 2.53. The van der Waals surface area contributed by atoms with Crippen LogP contribution in [0.4, 0.5) is 4.39 Å². The number of carbonyl (C=O) groups excluding carboxylic acids is 1. The molecule has 0 radical (unpaired) electrons. The molecule has 1 N–H and O–H groups in total. The molecule has 1 aromatic rings. The van der Waals surface area contributed by atoms with Gasteiger partial charge in [-0.25, -0.2) is 4.98 Å². The summed E-state index contributed by atoms with van der Waals surface area (Å²) in [6.07, 6.45) is 1.47. The molecule has 0 aliphatic carbocycles. The smallest absolute Gasteiger partial charge is 0.233 e. The summed E-state index contributed by atoms with van der Waals surface area (Å²) in [4.78, 5) is 16.4. The SMILES string of the molecule is CNC(=O)CN(C)Cc1ccc(F)nc1. The van der Waals surface area contributed by atoms with Crippen LogP contribution in [0.5, 0.6) is 0 Å². The van der Waals surface area contributed by atoms with E-state index in [-0.39, 0.29) is 5.91 Å². The van der Waals surface area contributed by atoms with Crippen LogP contribution < -0.4 is 5.32 Å². The van der Waals surface area contributed by atoms with E-state index in [9.17, 15) is 9.18 Å². The number of hydrogen-bond donors (Lipinski definition) is 1. The first-order valence-corrected chi connectivity index (χ1v) is 4.61. The lowest BCUT2D eigenvalue weighted by molar-refractivity contribution is -0.121. The third kappa shape index (κ3) is 4.03. The third-order valence-electron chi connectivity index (χ3n) is 1.93. The number of pyridine rings is 1. The molecule has 4 nitrogen and oxygen atoms in total. The average Bonchev–Trinajstić information content (AvgIpc) is 2.21. The van der Waals surface area contributed by atoms with Crippen molar-refractivity contribution in [3.8, 4) is 0 Å². The lowest BCUT2D eigenvalue weighted by Gasteiger charge is -2.14. The second-order valence-electron chi connectivity index (χ2n) is 3.33. The lowest BCUT2D eigenvalue weighted by atomic mass is 10.2. The Balaban J connectivity index is 2.47. The molecule has 82 valence electrons. The number of nitrogens with one attached hydrogen (secondary N) is 1. The zero-order valence-electron chi connectivity index (χ0n) is 8.83. The Morgan fingerprint density at radius 1 is 1.60 bits per heavy atom. The molecule has 1 aromatic heterocycles. The van der Waals surface area contributed by atoms with Crippen molar-refractivity contribution in [3.05, 3.63) is 29.8 Å². The standard InChI is InChI=1S/C10H14FN3O/c1-12-10(15)7-14(2)6-8-3-4-9(11)13-5-8/h3-5H,6-7H2,1-2H3,(H,12,15). The maximum Gasteiger partial charge on any atom is 0.233 e. The highest BCUT2D eigenvalue weighted by Crippen LogP contribution is 2.02. The molecule has 1 amide bonds. The number of carbonyl (C=O) groups is 1. The minimum atomic E-state index is -0.493. The number of aromatic nitrogens is 1. The van der Waals surface area contributed by atoms with Gasteiger partial charge in [0.05, 0.1) is 6.54 Å². The molecule has 15 heavy (non-hydrogen) atoms. The first kappa shape index (κ1) is 11.6. The van der Waals surface area contributed by atoms with Crippen molar-refractivity contribution in [2.24, 2.45) is 0 Å². The molecule has 0 spiro atoms. The summed E-state index contributed by atoms with van der Waals surface area (Å²) in [5.41, 5.74) is 0.878. The highest BCUT2D eigenvalue weighted by Gasteiger charge is 2.05. The second kappa shape index (κ2) is 5.41. The van der Waals surface area contributed by atoms with Crippen LogP contribution in [0.3, 0.4) is 0 Å². The van der Waals surface area contributed by atoms with E-state index in [4.69, 9.17) is 0 Å². The summed E-state index contributed by atoms with van der Waals surface area (Å²) < 4.78 is 12.5. The molecule has 0 saturated carbocycles. The van der Waals surface area contributed by atoms with Crippen molar-refractivity contribution in [2.45, 2.75) is 6.54 Å². The normalized spacial score (nSPS) is 10.4.